The summed E-state index contributed by atoms with van der Waals surface area (Å²) in [5.74, 6) is -0.664. The van der Waals surface area contributed by atoms with Gasteiger partial charge in [0.15, 0.2) is 0 Å². The van der Waals surface area contributed by atoms with Crippen LogP contribution >= 0.6 is 0 Å². The van der Waals surface area contributed by atoms with Gasteiger partial charge >= 0.3 is 0 Å². The van der Waals surface area contributed by atoms with Crippen molar-refractivity contribution in [3.63, 3.8) is 0 Å². The van der Waals surface area contributed by atoms with Gasteiger partial charge in [-0.1, -0.05) is 53.6 Å². The zero-order valence-corrected chi connectivity index (χ0v) is 16.2. The molecule has 2 N–H and O–H groups in total. The van der Waals surface area contributed by atoms with Crippen LogP contribution in [0.5, 0.6) is 0 Å². The average molecular weight is 373 g/mol. The number of carbonyl (C=O) groups is 2. The van der Waals surface area contributed by atoms with Gasteiger partial charge in [0.1, 0.15) is 11.4 Å². The van der Waals surface area contributed by atoms with Gasteiger partial charge in [-0.2, -0.15) is 0 Å². The number of aromatic nitrogens is 1. The molecule has 0 fully saturated rings. The van der Waals surface area contributed by atoms with E-state index in [1.165, 1.54) is 0 Å². The smallest absolute Gasteiger partial charge is 0.274 e. The van der Waals surface area contributed by atoms with Gasteiger partial charge < -0.3 is 10.6 Å². The van der Waals surface area contributed by atoms with Crippen LogP contribution in [0, 0.1) is 20.8 Å². The van der Waals surface area contributed by atoms with Gasteiger partial charge in [0.2, 0.25) is 0 Å². The summed E-state index contributed by atoms with van der Waals surface area (Å²) in [5.41, 5.74) is 5.38. The summed E-state index contributed by atoms with van der Waals surface area (Å²) in [5, 5.41) is 5.69. The van der Waals surface area contributed by atoms with Crippen molar-refractivity contribution in [2.45, 2.75) is 27.3 Å². The summed E-state index contributed by atoms with van der Waals surface area (Å²) in [6, 6.07) is 18.6. The molecule has 2 amide bonds. The van der Waals surface area contributed by atoms with E-state index in [4.69, 9.17) is 0 Å². The highest BCUT2D eigenvalue weighted by molar-refractivity contribution is 6.04. The molecule has 1 heterocycles. The van der Waals surface area contributed by atoms with Gasteiger partial charge in [-0.25, -0.2) is 4.98 Å². The lowest BCUT2D eigenvalue weighted by atomic mass is 10.1. The molecule has 3 rings (SSSR count). The molecule has 5 heteroatoms. The Bertz CT molecular complexity index is 1030. The van der Waals surface area contributed by atoms with E-state index in [9.17, 15) is 9.59 Å². The Labute approximate surface area is 164 Å². The van der Waals surface area contributed by atoms with Gasteiger partial charge in [-0.15, -0.1) is 0 Å². The van der Waals surface area contributed by atoms with Crippen molar-refractivity contribution in [2.75, 3.05) is 5.32 Å². The first-order valence-corrected chi connectivity index (χ1v) is 9.12. The van der Waals surface area contributed by atoms with Crippen LogP contribution in [0.1, 0.15) is 43.2 Å². The molecular formula is C23H23N3O2. The van der Waals surface area contributed by atoms with Crippen LogP contribution in [-0.4, -0.2) is 16.8 Å². The molecule has 0 unspecified atom stereocenters. The molecule has 142 valence electrons. The predicted octanol–water partition coefficient (Wildman–Crippen LogP) is 4.19. The molecule has 0 aliphatic carbocycles. The molecule has 0 saturated carbocycles. The van der Waals surface area contributed by atoms with Crippen LogP contribution in [0.15, 0.2) is 60.7 Å². The molecule has 1 aromatic heterocycles. The summed E-state index contributed by atoms with van der Waals surface area (Å²) in [6.45, 7) is 6.34. The predicted molar refractivity (Wildman–Crippen MR) is 110 cm³/mol. The first-order chi connectivity index (χ1) is 13.4. The van der Waals surface area contributed by atoms with E-state index in [-0.39, 0.29) is 23.2 Å². The Morgan fingerprint density at radius 2 is 1.50 bits per heavy atom. The number of benzene rings is 2. The molecule has 0 aliphatic heterocycles. The number of anilines is 1. The van der Waals surface area contributed by atoms with Crippen LogP contribution < -0.4 is 10.6 Å². The van der Waals surface area contributed by atoms with Crippen LogP contribution in [0.2, 0.25) is 0 Å². The quantitative estimate of drug-likeness (QED) is 0.704. The van der Waals surface area contributed by atoms with Crippen molar-refractivity contribution in [3.8, 4) is 0 Å². The highest BCUT2D eigenvalue weighted by Crippen LogP contribution is 2.17. The monoisotopic (exact) mass is 373 g/mol. The molecule has 28 heavy (non-hydrogen) atoms. The highest BCUT2D eigenvalue weighted by Gasteiger charge is 2.13. The van der Waals surface area contributed by atoms with Crippen molar-refractivity contribution in [2.24, 2.45) is 0 Å². The van der Waals surface area contributed by atoms with Crippen molar-refractivity contribution in [1.29, 1.82) is 0 Å². The summed E-state index contributed by atoms with van der Waals surface area (Å²) < 4.78 is 0. The normalized spacial score (nSPS) is 10.4. The third-order valence-corrected chi connectivity index (χ3v) is 4.38. The van der Waals surface area contributed by atoms with Crippen LogP contribution in [-0.2, 0) is 6.54 Å². The lowest BCUT2D eigenvalue weighted by Gasteiger charge is -2.10. The zero-order valence-electron chi connectivity index (χ0n) is 16.2. The van der Waals surface area contributed by atoms with E-state index in [1.807, 2.05) is 63.2 Å². The van der Waals surface area contributed by atoms with Crippen LogP contribution in [0.25, 0.3) is 0 Å². The molecule has 0 bridgehead atoms. The second-order valence-electron chi connectivity index (χ2n) is 6.85. The van der Waals surface area contributed by atoms with Gasteiger partial charge in [-0.3, -0.25) is 9.59 Å². The minimum absolute atomic E-state index is 0.197. The van der Waals surface area contributed by atoms with Crippen molar-refractivity contribution >= 4 is 17.5 Å². The SMILES string of the molecule is Cc1cccc(CNC(=O)c2cccc(C(=O)Nc3ccc(C)cc3C)n2)c1. The van der Waals surface area contributed by atoms with E-state index in [0.29, 0.717) is 6.54 Å². The number of rotatable bonds is 5. The van der Waals surface area contributed by atoms with Gasteiger partial charge in [0.25, 0.3) is 11.8 Å². The molecule has 0 atom stereocenters. The standard InChI is InChI=1S/C23H23N3O2/c1-15-6-4-7-18(13-15)14-24-22(27)20-8-5-9-21(25-20)23(28)26-19-11-10-16(2)12-17(19)3/h4-13H,14H2,1-3H3,(H,24,27)(H,26,28). The topological polar surface area (TPSA) is 71.1 Å². The molecule has 5 nitrogen and oxygen atoms in total. The number of nitrogens with one attached hydrogen (secondary N) is 2. The Kier molecular flexibility index (Phi) is 5.84. The number of hydrogen-bond acceptors (Lipinski definition) is 3. The minimum Gasteiger partial charge on any atom is -0.347 e. The molecule has 0 saturated heterocycles. The number of carbonyl (C=O) groups excluding carboxylic acids is 2. The number of pyridine rings is 1. The minimum atomic E-state index is -0.347. The maximum absolute atomic E-state index is 12.5. The first kappa shape index (κ1) is 19.3. The zero-order chi connectivity index (χ0) is 20.1. The van der Waals surface area contributed by atoms with Gasteiger partial charge in [0, 0.05) is 12.2 Å². The van der Waals surface area contributed by atoms with E-state index >= 15 is 0 Å². The number of hydrogen-bond donors (Lipinski definition) is 2. The van der Waals surface area contributed by atoms with E-state index in [2.05, 4.69) is 15.6 Å². The van der Waals surface area contributed by atoms with Crippen molar-refractivity contribution in [1.82, 2.24) is 10.3 Å². The van der Waals surface area contributed by atoms with Crippen molar-refractivity contribution in [3.05, 3.63) is 94.3 Å². The van der Waals surface area contributed by atoms with Crippen molar-refractivity contribution < 1.29 is 9.59 Å². The number of aryl methyl sites for hydroxylation is 3. The molecule has 0 aliphatic rings. The average Bonchev–Trinajstić information content (AvgIpc) is 2.68. The summed E-state index contributed by atoms with van der Waals surface area (Å²) in [4.78, 5) is 29.2. The fourth-order valence-corrected chi connectivity index (χ4v) is 2.92. The largest absolute Gasteiger partial charge is 0.347 e. The Hall–Kier alpha value is -3.47. The van der Waals surface area contributed by atoms with Gasteiger partial charge in [-0.05, 0) is 50.1 Å². The third-order valence-electron chi connectivity index (χ3n) is 4.38. The first-order valence-electron chi connectivity index (χ1n) is 9.12. The number of amides is 2. The van der Waals surface area contributed by atoms with Crippen LogP contribution in [0.3, 0.4) is 0 Å². The second kappa shape index (κ2) is 8.48. The van der Waals surface area contributed by atoms with E-state index in [0.717, 1.165) is 27.9 Å². The van der Waals surface area contributed by atoms with Gasteiger partial charge in [0.05, 0.1) is 0 Å². The second-order valence-corrected chi connectivity index (χ2v) is 6.85. The third kappa shape index (κ3) is 4.82. The van der Waals surface area contributed by atoms with E-state index < -0.39 is 0 Å². The molecule has 3 aromatic rings. The molecule has 0 spiro atoms. The lowest BCUT2D eigenvalue weighted by molar-refractivity contribution is 0.0945. The highest BCUT2D eigenvalue weighted by atomic mass is 16.2. The van der Waals surface area contributed by atoms with E-state index in [1.54, 1.807) is 18.2 Å². The fourth-order valence-electron chi connectivity index (χ4n) is 2.92. The summed E-state index contributed by atoms with van der Waals surface area (Å²) >= 11 is 0. The summed E-state index contributed by atoms with van der Waals surface area (Å²) in [7, 11) is 0. The maximum Gasteiger partial charge on any atom is 0.274 e. The molecule has 2 aromatic carbocycles. The summed E-state index contributed by atoms with van der Waals surface area (Å²) in [6.07, 6.45) is 0. The maximum atomic E-state index is 12.5. The number of nitrogens with zero attached hydrogens (tertiary/aromatic N) is 1. The lowest BCUT2D eigenvalue weighted by Crippen LogP contribution is -2.25. The Morgan fingerprint density at radius 1 is 0.821 bits per heavy atom. The van der Waals surface area contributed by atoms with Crippen LogP contribution in [0.4, 0.5) is 5.69 Å². The molecular weight excluding hydrogens is 350 g/mol. The Balaban J connectivity index is 1.68. The molecule has 0 radical (unpaired) electrons. The Morgan fingerprint density at radius 3 is 2.21 bits per heavy atom. The fraction of sp³-hybridized carbons (Fsp3) is 0.174.